The van der Waals surface area contributed by atoms with Crippen LogP contribution >= 0.6 is 0 Å². The number of nitrogens with one attached hydrogen (secondary N) is 2. The van der Waals surface area contributed by atoms with Crippen LogP contribution in [0.4, 0.5) is 0 Å². The van der Waals surface area contributed by atoms with E-state index in [4.69, 9.17) is 0 Å². The SMILES string of the molecule is CC(C)(C)NC1=NCCNC1c1ccccn1. The van der Waals surface area contributed by atoms with Gasteiger partial charge in [0, 0.05) is 18.3 Å². The molecule has 4 heteroatoms. The Kier molecular flexibility index (Phi) is 3.43. The molecule has 1 unspecified atom stereocenters. The van der Waals surface area contributed by atoms with Crippen LogP contribution in [0.15, 0.2) is 29.4 Å². The van der Waals surface area contributed by atoms with Crippen LogP contribution in [0.5, 0.6) is 0 Å². The first-order valence-electron chi connectivity index (χ1n) is 6.03. The summed E-state index contributed by atoms with van der Waals surface area (Å²) in [5.74, 6) is 0.988. The highest BCUT2D eigenvalue weighted by Crippen LogP contribution is 2.15. The van der Waals surface area contributed by atoms with Crippen LogP contribution in [-0.4, -0.2) is 29.4 Å². The van der Waals surface area contributed by atoms with E-state index in [1.807, 2.05) is 24.4 Å². The summed E-state index contributed by atoms with van der Waals surface area (Å²) in [6.45, 7) is 8.14. The van der Waals surface area contributed by atoms with Gasteiger partial charge in [0.25, 0.3) is 0 Å². The molecule has 0 fully saturated rings. The Hall–Kier alpha value is -1.42. The molecule has 0 aromatic carbocycles. The lowest BCUT2D eigenvalue weighted by atomic mass is 10.1. The molecular formula is C13H20N4. The fourth-order valence-electron chi connectivity index (χ4n) is 1.86. The van der Waals surface area contributed by atoms with Crippen molar-refractivity contribution in [3.63, 3.8) is 0 Å². The molecule has 4 nitrogen and oxygen atoms in total. The topological polar surface area (TPSA) is 49.3 Å². The monoisotopic (exact) mass is 232 g/mol. The van der Waals surface area contributed by atoms with Gasteiger partial charge in [-0.15, -0.1) is 0 Å². The number of hydrogen-bond acceptors (Lipinski definition) is 4. The summed E-state index contributed by atoms with van der Waals surface area (Å²) in [4.78, 5) is 8.97. The van der Waals surface area contributed by atoms with E-state index in [1.54, 1.807) is 0 Å². The molecule has 1 aromatic heterocycles. The Morgan fingerprint density at radius 3 is 2.82 bits per heavy atom. The van der Waals surface area contributed by atoms with Crippen molar-refractivity contribution in [3.05, 3.63) is 30.1 Å². The van der Waals surface area contributed by atoms with Crippen molar-refractivity contribution in [1.29, 1.82) is 0 Å². The molecular weight excluding hydrogens is 212 g/mol. The molecule has 2 N–H and O–H groups in total. The summed E-state index contributed by atoms with van der Waals surface area (Å²) < 4.78 is 0. The number of hydrogen-bond donors (Lipinski definition) is 2. The van der Waals surface area contributed by atoms with Gasteiger partial charge in [-0.1, -0.05) is 6.07 Å². The third-order valence-corrected chi connectivity index (χ3v) is 2.50. The van der Waals surface area contributed by atoms with Crippen LogP contribution in [0.3, 0.4) is 0 Å². The summed E-state index contributed by atoms with van der Waals surface area (Å²) >= 11 is 0. The van der Waals surface area contributed by atoms with Crippen molar-refractivity contribution in [2.24, 2.45) is 4.99 Å². The van der Waals surface area contributed by atoms with Crippen molar-refractivity contribution in [1.82, 2.24) is 15.6 Å². The van der Waals surface area contributed by atoms with Crippen molar-refractivity contribution >= 4 is 5.84 Å². The lowest BCUT2D eigenvalue weighted by Crippen LogP contribution is -2.49. The standard InChI is InChI=1S/C13H20N4/c1-13(2,3)17-12-11(15-8-9-16-12)10-6-4-5-7-14-10/h4-7,11,15H,8-9H2,1-3H3,(H,16,17). The first-order valence-corrected chi connectivity index (χ1v) is 6.03. The van der Waals surface area contributed by atoms with Crippen LogP contribution in [0.25, 0.3) is 0 Å². The molecule has 1 aromatic rings. The van der Waals surface area contributed by atoms with Crippen LogP contribution in [0.2, 0.25) is 0 Å². The highest BCUT2D eigenvalue weighted by Gasteiger charge is 2.24. The largest absolute Gasteiger partial charge is 0.368 e. The average molecular weight is 232 g/mol. The van der Waals surface area contributed by atoms with Gasteiger partial charge in [-0.25, -0.2) is 0 Å². The minimum atomic E-state index is 0.0187. The van der Waals surface area contributed by atoms with Crippen LogP contribution in [0.1, 0.15) is 32.5 Å². The van der Waals surface area contributed by atoms with Crippen LogP contribution in [-0.2, 0) is 0 Å². The summed E-state index contributed by atoms with van der Waals surface area (Å²) in [5, 5.41) is 6.91. The summed E-state index contributed by atoms with van der Waals surface area (Å²) in [6.07, 6.45) is 1.82. The molecule has 0 aliphatic carbocycles. The zero-order valence-electron chi connectivity index (χ0n) is 10.7. The summed E-state index contributed by atoms with van der Waals surface area (Å²) in [7, 11) is 0. The molecule has 2 heterocycles. The molecule has 1 aliphatic heterocycles. The van der Waals surface area contributed by atoms with Crippen molar-refractivity contribution in [2.75, 3.05) is 13.1 Å². The van der Waals surface area contributed by atoms with Gasteiger partial charge in [-0.05, 0) is 32.9 Å². The maximum absolute atomic E-state index is 4.58. The second-order valence-electron chi connectivity index (χ2n) is 5.28. The van der Waals surface area contributed by atoms with Gasteiger partial charge in [-0.3, -0.25) is 9.98 Å². The Morgan fingerprint density at radius 2 is 2.18 bits per heavy atom. The van der Waals surface area contributed by atoms with Crippen LogP contribution < -0.4 is 10.6 Å². The maximum atomic E-state index is 4.58. The van der Waals surface area contributed by atoms with Gasteiger partial charge in [0.15, 0.2) is 0 Å². The number of rotatable bonds is 1. The predicted octanol–water partition coefficient (Wildman–Crippen LogP) is 1.51. The van der Waals surface area contributed by atoms with E-state index in [0.717, 1.165) is 24.6 Å². The average Bonchev–Trinajstić information content (AvgIpc) is 2.29. The third kappa shape index (κ3) is 3.27. The maximum Gasteiger partial charge on any atom is 0.120 e. The molecule has 1 aliphatic rings. The number of aromatic nitrogens is 1. The fraction of sp³-hybridized carbons (Fsp3) is 0.538. The normalized spacial score (nSPS) is 20.9. The molecule has 0 saturated carbocycles. The zero-order valence-corrected chi connectivity index (χ0v) is 10.7. The molecule has 0 saturated heterocycles. The molecule has 0 spiro atoms. The van der Waals surface area contributed by atoms with E-state index < -0.39 is 0 Å². The molecule has 17 heavy (non-hydrogen) atoms. The van der Waals surface area contributed by atoms with Crippen molar-refractivity contribution < 1.29 is 0 Å². The third-order valence-electron chi connectivity index (χ3n) is 2.50. The quantitative estimate of drug-likeness (QED) is 0.771. The number of nitrogens with zero attached hydrogens (tertiary/aromatic N) is 2. The lowest BCUT2D eigenvalue weighted by molar-refractivity contribution is 0.481. The fourth-order valence-corrected chi connectivity index (χ4v) is 1.86. The van der Waals surface area contributed by atoms with Gasteiger partial charge in [0.2, 0.25) is 0 Å². The number of amidine groups is 1. The summed E-state index contributed by atoms with van der Waals surface area (Å²) in [6, 6.07) is 6.06. The first kappa shape index (κ1) is 12.0. The Balaban J connectivity index is 2.21. The van der Waals surface area contributed by atoms with E-state index in [0.29, 0.717) is 0 Å². The molecule has 0 amide bonds. The minimum Gasteiger partial charge on any atom is -0.368 e. The van der Waals surface area contributed by atoms with E-state index in [1.165, 1.54) is 0 Å². The molecule has 1 atom stereocenters. The van der Waals surface area contributed by atoms with Gasteiger partial charge in [-0.2, -0.15) is 0 Å². The van der Waals surface area contributed by atoms with Gasteiger partial charge in [0.05, 0.1) is 12.2 Å². The van der Waals surface area contributed by atoms with Crippen LogP contribution in [0, 0.1) is 0 Å². The van der Waals surface area contributed by atoms with Crippen molar-refractivity contribution in [3.8, 4) is 0 Å². The predicted molar refractivity (Wildman–Crippen MR) is 70.2 cm³/mol. The Morgan fingerprint density at radius 1 is 1.35 bits per heavy atom. The first-order chi connectivity index (χ1) is 8.06. The molecule has 0 bridgehead atoms. The zero-order chi connectivity index (χ0) is 12.3. The summed E-state index contributed by atoms with van der Waals surface area (Å²) in [5.41, 5.74) is 1.04. The van der Waals surface area contributed by atoms with Gasteiger partial charge < -0.3 is 10.6 Å². The molecule has 92 valence electrons. The van der Waals surface area contributed by atoms with Crippen molar-refractivity contribution in [2.45, 2.75) is 32.4 Å². The number of pyridine rings is 1. The second kappa shape index (κ2) is 4.84. The van der Waals surface area contributed by atoms with Gasteiger partial charge in [0.1, 0.15) is 11.9 Å². The number of aliphatic imine (C=N–C) groups is 1. The smallest absolute Gasteiger partial charge is 0.120 e. The molecule has 2 rings (SSSR count). The lowest BCUT2D eigenvalue weighted by Gasteiger charge is -2.31. The van der Waals surface area contributed by atoms with E-state index in [2.05, 4.69) is 41.4 Å². The minimum absolute atomic E-state index is 0.0187. The Bertz CT molecular complexity index is 392. The van der Waals surface area contributed by atoms with E-state index in [9.17, 15) is 0 Å². The molecule has 0 radical (unpaired) electrons. The highest BCUT2D eigenvalue weighted by molar-refractivity contribution is 5.89. The van der Waals surface area contributed by atoms with E-state index in [-0.39, 0.29) is 11.6 Å². The highest BCUT2D eigenvalue weighted by atomic mass is 15.1. The van der Waals surface area contributed by atoms with Gasteiger partial charge >= 0.3 is 0 Å². The second-order valence-corrected chi connectivity index (χ2v) is 5.28. The van der Waals surface area contributed by atoms with E-state index >= 15 is 0 Å². The Labute approximate surface area is 103 Å².